The summed E-state index contributed by atoms with van der Waals surface area (Å²) in [4.78, 5) is 0. The van der Waals surface area contributed by atoms with Crippen molar-refractivity contribution >= 4 is 24.3 Å². The van der Waals surface area contributed by atoms with E-state index in [9.17, 15) is 5.11 Å². The van der Waals surface area contributed by atoms with Gasteiger partial charge in [0.1, 0.15) is 0 Å². The SMILES string of the molecule is [NH4+].[O-]c1ccc(/C=C/c2ccccc2)cc1/C=C/c1ccccc1. The average molecular weight is 315 g/mol. The molecule has 0 spiro atoms. The molecule has 120 valence electrons. The molecule has 0 atom stereocenters. The Balaban J connectivity index is 0.00000208. The van der Waals surface area contributed by atoms with Gasteiger partial charge in [0.2, 0.25) is 0 Å². The highest BCUT2D eigenvalue weighted by molar-refractivity contribution is 5.76. The van der Waals surface area contributed by atoms with Crippen LogP contribution >= 0.6 is 0 Å². The van der Waals surface area contributed by atoms with E-state index in [0.29, 0.717) is 5.56 Å². The van der Waals surface area contributed by atoms with Gasteiger partial charge in [-0.1, -0.05) is 97.1 Å². The van der Waals surface area contributed by atoms with Crippen LogP contribution in [-0.2, 0) is 0 Å². The van der Waals surface area contributed by atoms with Crippen LogP contribution in [0.3, 0.4) is 0 Å². The molecule has 3 aromatic rings. The highest BCUT2D eigenvalue weighted by atomic mass is 16.3. The molecule has 2 nitrogen and oxygen atoms in total. The van der Waals surface area contributed by atoms with E-state index in [-0.39, 0.29) is 11.9 Å². The number of hydrogen-bond donors (Lipinski definition) is 1. The maximum atomic E-state index is 12.0. The molecule has 3 aromatic carbocycles. The zero-order valence-corrected chi connectivity index (χ0v) is 13.7. The third kappa shape index (κ3) is 4.70. The minimum atomic E-state index is 0. The molecule has 0 aliphatic heterocycles. The maximum absolute atomic E-state index is 12.0. The van der Waals surface area contributed by atoms with E-state index in [0.717, 1.165) is 16.7 Å². The normalized spacial score (nSPS) is 10.8. The van der Waals surface area contributed by atoms with Gasteiger partial charge in [0.05, 0.1) is 0 Å². The Morgan fingerprint density at radius 2 is 1.04 bits per heavy atom. The lowest BCUT2D eigenvalue weighted by Crippen LogP contribution is -1.93. The van der Waals surface area contributed by atoms with Crippen LogP contribution in [0.2, 0.25) is 0 Å². The number of quaternary nitrogens is 1. The molecule has 0 amide bonds. The number of rotatable bonds is 4. The highest BCUT2D eigenvalue weighted by Gasteiger charge is 1.93. The molecule has 0 fully saturated rings. The summed E-state index contributed by atoms with van der Waals surface area (Å²) < 4.78 is 0. The smallest absolute Gasteiger partial charge is 0.0251 e. The Bertz CT molecular complexity index is 821. The number of benzene rings is 3. The lowest BCUT2D eigenvalue weighted by molar-refractivity contribution is -0.268. The summed E-state index contributed by atoms with van der Waals surface area (Å²) in [7, 11) is 0. The van der Waals surface area contributed by atoms with E-state index in [1.165, 1.54) is 0 Å². The van der Waals surface area contributed by atoms with E-state index in [1.54, 1.807) is 6.07 Å². The monoisotopic (exact) mass is 315 g/mol. The molecule has 0 bridgehead atoms. The second kappa shape index (κ2) is 8.51. The van der Waals surface area contributed by atoms with Gasteiger partial charge in [-0.2, -0.15) is 0 Å². The van der Waals surface area contributed by atoms with Crippen molar-refractivity contribution < 1.29 is 5.11 Å². The van der Waals surface area contributed by atoms with Crippen LogP contribution in [0.4, 0.5) is 0 Å². The molecule has 0 aliphatic carbocycles. The Morgan fingerprint density at radius 1 is 0.542 bits per heavy atom. The van der Waals surface area contributed by atoms with Gasteiger partial charge < -0.3 is 11.3 Å². The van der Waals surface area contributed by atoms with E-state index in [1.807, 2.05) is 85.0 Å². The first-order chi connectivity index (χ1) is 11.3. The molecule has 0 saturated heterocycles. The van der Waals surface area contributed by atoms with Crippen LogP contribution in [-0.4, -0.2) is 0 Å². The second-order valence-corrected chi connectivity index (χ2v) is 5.29. The van der Waals surface area contributed by atoms with Crippen LogP contribution in [0, 0.1) is 0 Å². The zero-order valence-electron chi connectivity index (χ0n) is 13.7. The van der Waals surface area contributed by atoms with Crippen molar-refractivity contribution in [1.82, 2.24) is 6.15 Å². The summed E-state index contributed by atoms with van der Waals surface area (Å²) in [5, 5.41) is 12.0. The Labute approximate surface area is 143 Å². The van der Waals surface area contributed by atoms with Crippen molar-refractivity contribution in [3.8, 4) is 5.75 Å². The van der Waals surface area contributed by atoms with Crippen LogP contribution in [0.1, 0.15) is 22.3 Å². The van der Waals surface area contributed by atoms with E-state index >= 15 is 0 Å². The molecule has 24 heavy (non-hydrogen) atoms. The van der Waals surface area contributed by atoms with Crippen molar-refractivity contribution in [3.63, 3.8) is 0 Å². The van der Waals surface area contributed by atoms with Gasteiger partial charge in [-0.05, 0) is 28.3 Å². The standard InChI is InChI=1S/C22H18O.H3N/c23-22-16-14-20(12-11-18-7-3-1-4-8-18)17-21(22)15-13-19-9-5-2-6-10-19;/h1-17,23H;1H3/b12-11+,15-13+;. The largest absolute Gasteiger partial charge is 0.872 e. The molecule has 0 unspecified atom stereocenters. The van der Waals surface area contributed by atoms with E-state index < -0.39 is 0 Å². The molecule has 4 N–H and O–H groups in total. The predicted molar refractivity (Wildman–Crippen MR) is 103 cm³/mol. The second-order valence-electron chi connectivity index (χ2n) is 5.29. The molecule has 0 radical (unpaired) electrons. The minimum absolute atomic E-state index is 0. The van der Waals surface area contributed by atoms with Gasteiger partial charge in [0.25, 0.3) is 0 Å². The molecule has 0 saturated carbocycles. The summed E-state index contributed by atoms with van der Waals surface area (Å²) in [6, 6.07) is 25.5. The average Bonchev–Trinajstić information content (AvgIpc) is 2.62. The summed E-state index contributed by atoms with van der Waals surface area (Å²) in [6.07, 6.45) is 7.90. The lowest BCUT2D eigenvalue weighted by atomic mass is 10.1. The van der Waals surface area contributed by atoms with Gasteiger partial charge in [0, 0.05) is 0 Å². The summed E-state index contributed by atoms with van der Waals surface area (Å²) >= 11 is 0. The first kappa shape index (κ1) is 17.3. The van der Waals surface area contributed by atoms with Gasteiger partial charge in [-0.25, -0.2) is 0 Å². The molecule has 0 aliphatic rings. The topological polar surface area (TPSA) is 59.6 Å². The quantitative estimate of drug-likeness (QED) is 0.637. The van der Waals surface area contributed by atoms with Crippen molar-refractivity contribution in [2.24, 2.45) is 0 Å². The van der Waals surface area contributed by atoms with Crippen LogP contribution in [0.25, 0.3) is 24.3 Å². The van der Waals surface area contributed by atoms with Crippen LogP contribution < -0.4 is 11.3 Å². The first-order valence-corrected chi connectivity index (χ1v) is 7.58. The third-order valence-electron chi connectivity index (χ3n) is 3.56. The van der Waals surface area contributed by atoms with E-state index in [4.69, 9.17) is 0 Å². The molecule has 2 heteroatoms. The highest BCUT2D eigenvalue weighted by Crippen LogP contribution is 2.20. The minimum Gasteiger partial charge on any atom is -0.872 e. The third-order valence-corrected chi connectivity index (χ3v) is 3.56. The molecular formula is C22H21NO. The van der Waals surface area contributed by atoms with Crippen molar-refractivity contribution in [2.75, 3.05) is 0 Å². The van der Waals surface area contributed by atoms with Crippen LogP contribution in [0.5, 0.6) is 5.75 Å². The molecule has 0 aromatic heterocycles. The summed E-state index contributed by atoms with van der Waals surface area (Å²) in [5.74, 6) is 0.0362. The van der Waals surface area contributed by atoms with Gasteiger partial charge in [-0.3, -0.25) is 0 Å². The Hall–Kier alpha value is -3.10. The fourth-order valence-corrected chi connectivity index (χ4v) is 2.31. The molecule has 3 rings (SSSR count). The molecule has 0 heterocycles. The van der Waals surface area contributed by atoms with Crippen molar-refractivity contribution in [3.05, 3.63) is 101 Å². The molecular weight excluding hydrogens is 294 g/mol. The first-order valence-electron chi connectivity index (χ1n) is 7.58. The van der Waals surface area contributed by atoms with Crippen LogP contribution in [0.15, 0.2) is 78.9 Å². The summed E-state index contributed by atoms with van der Waals surface area (Å²) in [5.41, 5.74) is 3.93. The van der Waals surface area contributed by atoms with Gasteiger partial charge >= 0.3 is 0 Å². The Morgan fingerprint density at radius 3 is 1.62 bits per heavy atom. The van der Waals surface area contributed by atoms with Gasteiger partial charge in [0.15, 0.2) is 0 Å². The summed E-state index contributed by atoms with van der Waals surface area (Å²) in [6.45, 7) is 0. The number of hydrogen-bond acceptors (Lipinski definition) is 1. The lowest BCUT2D eigenvalue weighted by Gasteiger charge is -2.11. The maximum Gasteiger partial charge on any atom is -0.0251 e. The fraction of sp³-hybridized carbons (Fsp3) is 0. The predicted octanol–water partition coefficient (Wildman–Crippen LogP) is 5.48. The Kier molecular flexibility index (Phi) is 6.12. The fourth-order valence-electron chi connectivity index (χ4n) is 2.31. The van der Waals surface area contributed by atoms with Gasteiger partial charge in [-0.15, -0.1) is 5.75 Å². The van der Waals surface area contributed by atoms with Crippen molar-refractivity contribution in [2.45, 2.75) is 0 Å². The van der Waals surface area contributed by atoms with E-state index in [2.05, 4.69) is 12.1 Å². The van der Waals surface area contributed by atoms with Crippen molar-refractivity contribution in [1.29, 1.82) is 0 Å². The zero-order chi connectivity index (χ0) is 15.9.